The summed E-state index contributed by atoms with van der Waals surface area (Å²) >= 11 is 0. The molecule has 8 nitrogen and oxygen atoms in total. The fourth-order valence-electron chi connectivity index (χ4n) is 2.54. The van der Waals surface area contributed by atoms with Crippen molar-refractivity contribution in [3.05, 3.63) is 27.8 Å². The summed E-state index contributed by atoms with van der Waals surface area (Å²) in [6, 6.07) is 2.30. The number of hydrogen-bond acceptors (Lipinski definition) is 6. The second-order valence-corrected chi connectivity index (χ2v) is 5.21. The minimum atomic E-state index is -5.21. The van der Waals surface area contributed by atoms with Gasteiger partial charge in [0.1, 0.15) is 0 Å². The smallest absolute Gasteiger partial charge is 0.471 e. The molecule has 11 heteroatoms. The predicted octanol–water partition coefficient (Wildman–Crippen LogP) is 1.86. The Balaban J connectivity index is 2.59. The number of carbonyl (C=O) groups excluding carboxylic acids is 2. The van der Waals surface area contributed by atoms with Crippen LogP contribution in [0.3, 0.4) is 0 Å². The van der Waals surface area contributed by atoms with Crippen molar-refractivity contribution >= 4 is 23.2 Å². The van der Waals surface area contributed by atoms with E-state index in [1.54, 1.807) is 6.92 Å². The molecular weight excluding hydrogens is 347 g/mol. The van der Waals surface area contributed by atoms with E-state index in [9.17, 15) is 32.9 Å². The van der Waals surface area contributed by atoms with Crippen LogP contribution in [0, 0.1) is 10.1 Å². The van der Waals surface area contributed by atoms with Gasteiger partial charge in [0, 0.05) is 18.3 Å². The van der Waals surface area contributed by atoms with Gasteiger partial charge in [-0.05, 0) is 18.6 Å². The number of imide groups is 1. The molecule has 0 fully saturated rings. The third-order valence-electron chi connectivity index (χ3n) is 3.74. The molecule has 0 spiro atoms. The number of nitrogens with zero attached hydrogens (tertiary/aromatic N) is 3. The molecular formula is C14H14F3N3O5. The highest BCUT2D eigenvalue weighted by Crippen LogP contribution is 2.37. The van der Waals surface area contributed by atoms with Gasteiger partial charge < -0.3 is 9.64 Å². The monoisotopic (exact) mass is 361 g/mol. The van der Waals surface area contributed by atoms with Crippen molar-refractivity contribution in [1.29, 1.82) is 0 Å². The Bertz CT molecular complexity index is 735. The highest BCUT2D eigenvalue weighted by molar-refractivity contribution is 6.00. The van der Waals surface area contributed by atoms with Crippen molar-refractivity contribution in [1.82, 2.24) is 4.90 Å². The molecule has 0 unspecified atom stereocenters. The summed E-state index contributed by atoms with van der Waals surface area (Å²) in [5.41, 5.74) is -0.0312. The fraction of sp³-hybridized carbons (Fsp3) is 0.429. The van der Waals surface area contributed by atoms with Crippen LogP contribution in [0.15, 0.2) is 12.1 Å². The van der Waals surface area contributed by atoms with Crippen LogP contribution in [-0.2, 0) is 16.1 Å². The van der Waals surface area contributed by atoms with Gasteiger partial charge in [-0.25, -0.2) is 0 Å². The molecule has 2 rings (SSSR count). The largest absolute Gasteiger partial charge is 0.490 e. The summed E-state index contributed by atoms with van der Waals surface area (Å²) in [6.07, 6.45) is -5.21. The molecule has 0 N–H and O–H groups in total. The van der Waals surface area contributed by atoms with Crippen molar-refractivity contribution < 1.29 is 32.4 Å². The SMILES string of the molecule is CCN1CC(=O)N(C(=O)C(F)(F)F)Cc2cc(OC)c([N+](=O)[O-])cc21. The lowest BCUT2D eigenvalue weighted by molar-refractivity contribution is -0.385. The van der Waals surface area contributed by atoms with Gasteiger partial charge in [-0.15, -0.1) is 0 Å². The lowest BCUT2D eigenvalue weighted by atomic mass is 10.1. The molecule has 0 saturated heterocycles. The molecule has 136 valence electrons. The maximum Gasteiger partial charge on any atom is 0.471 e. The van der Waals surface area contributed by atoms with Crippen LogP contribution in [0.2, 0.25) is 0 Å². The topological polar surface area (TPSA) is 93.0 Å². The van der Waals surface area contributed by atoms with E-state index in [1.165, 1.54) is 18.1 Å². The van der Waals surface area contributed by atoms with Crippen molar-refractivity contribution in [2.24, 2.45) is 0 Å². The average Bonchev–Trinajstić information content (AvgIpc) is 2.68. The summed E-state index contributed by atoms with van der Waals surface area (Å²) in [6.45, 7) is 0.677. The summed E-state index contributed by atoms with van der Waals surface area (Å²) in [7, 11) is 1.17. The minimum absolute atomic E-state index is 0.0970. The highest BCUT2D eigenvalue weighted by atomic mass is 19.4. The fourth-order valence-corrected chi connectivity index (χ4v) is 2.54. The number of nitro groups is 1. The molecule has 0 aliphatic carbocycles. The molecule has 0 radical (unpaired) electrons. The number of fused-ring (bicyclic) bond motifs is 1. The zero-order valence-corrected chi connectivity index (χ0v) is 13.3. The third kappa shape index (κ3) is 3.49. The zero-order valence-electron chi connectivity index (χ0n) is 13.3. The van der Waals surface area contributed by atoms with Crippen molar-refractivity contribution in [3.8, 4) is 5.75 Å². The van der Waals surface area contributed by atoms with Gasteiger partial charge in [0.2, 0.25) is 5.91 Å². The van der Waals surface area contributed by atoms with Gasteiger partial charge in [0.25, 0.3) is 0 Å². The summed E-state index contributed by atoms with van der Waals surface area (Å²) in [5.74, 6) is -3.49. The number of ether oxygens (including phenoxy) is 1. The molecule has 1 heterocycles. The number of amides is 2. The van der Waals surface area contributed by atoms with Crippen LogP contribution in [0.1, 0.15) is 12.5 Å². The predicted molar refractivity (Wildman–Crippen MR) is 79.1 cm³/mol. The standard InChI is InChI=1S/C14H14F3N3O5/c1-3-18-7-12(21)19(13(22)14(15,16)17)6-8-4-11(25-2)10(20(23)24)5-9(8)18/h4-5H,3,6-7H2,1-2H3. The Labute approximate surface area is 139 Å². The lowest BCUT2D eigenvalue weighted by Crippen LogP contribution is -2.46. The normalized spacial score (nSPS) is 14.8. The van der Waals surface area contributed by atoms with Crippen molar-refractivity contribution in [2.45, 2.75) is 19.6 Å². The van der Waals surface area contributed by atoms with E-state index >= 15 is 0 Å². The first kappa shape index (κ1) is 18.5. The molecule has 0 saturated carbocycles. The van der Waals surface area contributed by atoms with Crippen LogP contribution in [0.5, 0.6) is 5.75 Å². The molecule has 0 aromatic heterocycles. The summed E-state index contributed by atoms with van der Waals surface area (Å²) in [5, 5.41) is 11.1. The van der Waals surface area contributed by atoms with Gasteiger partial charge in [0.15, 0.2) is 5.75 Å². The van der Waals surface area contributed by atoms with E-state index in [-0.39, 0.29) is 34.1 Å². The molecule has 1 aliphatic heterocycles. The number of anilines is 1. The molecule has 1 aromatic rings. The van der Waals surface area contributed by atoms with Crippen LogP contribution in [0.25, 0.3) is 0 Å². The second kappa shape index (κ2) is 6.57. The number of hydrogen-bond donors (Lipinski definition) is 0. The summed E-state index contributed by atoms with van der Waals surface area (Å²) in [4.78, 5) is 35.6. The maximum atomic E-state index is 12.7. The molecule has 0 bridgehead atoms. The van der Waals surface area contributed by atoms with Gasteiger partial charge >= 0.3 is 17.8 Å². The van der Waals surface area contributed by atoms with Gasteiger partial charge in [-0.2, -0.15) is 13.2 Å². The number of rotatable bonds is 3. The van der Waals surface area contributed by atoms with Gasteiger partial charge in [-0.1, -0.05) is 0 Å². The second-order valence-electron chi connectivity index (χ2n) is 5.21. The van der Waals surface area contributed by atoms with E-state index in [4.69, 9.17) is 4.74 Å². The van der Waals surface area contributed by atoms with Crippen LogP contribution in [0.4, 0.5) is 24.5 Å². The minimum Gasteiger partial charge on any atom is -0.490 e. The Kier molecular flexibility index (Phi) is 4.86. The van der Waals surface area contributed by atoms with E-state index in [0.29, 0.717) is 0 Å². The van der Waals surface area contributed by atoms with Crippen molar-refractivity contribution in [2.75, 3.05) is 25.1 Å². The first-order valence-corrected chi connectivity index (χ1v) is 7.11. The number of nitro benzene ring substituents is 1. The number of methoxy groups -OCH3 is 1. The Morgan fingerprint density at radius 1 is 1.36 bits per heavy atom. The Morgan fingerprint density at radius 2 is 2.00 bits per heavy atom. The van der Waals surface area contributed by atoms with Crippen LogP contribution >= 0.6 is 0 Å². The Morgan fingerprint density at radius 3 is 2.48 bits per heavy atom. The van der Waals surface area contributed by atoms with E-state index in [2.05, 4.69) is 0 Å². The lowest BCUT2D eigenvalue weighted by Gasteiger charge is -2.22. The van der Waals surface area contributed by atoms with Crippen LogP contribution in [-0.4, -0.2) is 48.0 Å². The van der Waals surface area contributed by atoms with E-state index < -0.39 is 36.0 Å². The highest BCUT2D eigenvalue weighted by Gasteiger charge is 2.46. The van der Waals surface area contributed by atoms with E-state index in [1.807, 2.05) is 0 Å². The first-order chi connectivity index (χ1) is 11.6. The molecule has 0 atom stereocenters. The number of carbonyl (C=O) groups is 2. The summed E-state index contributed by atoms with van der Waals surface area (Å²) < 4.78 is 43.1. The molecule has 25 heavy (non-hydrogen) atoms. The number of halogens is 3. The zero-order chi connectivity index (χ0) is 18.9. The van der Waals surface area contributed by atoms with Crippen LogP contribution < -0.4 is 9.64 Å². The molecule has 1 aliphatic rings. The number of benzene rings is 1. The quantitative estimate of drug-likeness (QED) is 0.603. The molecule has 2 amide bonds. The van der Waals surface area contributed by atoms with Crippen molar-refractivity contribution in [3.63, 3.8) is 0 Å². The third-order valence-corrected chi connectivity index (χ3v) is 3.74. The average molecular weight is 361 g/mol. The number of likely N-dealkylation sites (N-methyl/N-ethyl adjacent to an activating group) is 1. The molecule has 1 aromatic carbocycles. The number of alkyl halides is 3. The Hall–Kier alpha value is -2.85. The van der Waals surface area contributed by atoms with E-state index in [0.717, 1.165) is 6.07 Å². The first-order valence-electron chi connectivity index (χ1n) is 7.11. The van der Waals surface area contributed by atoms with Gasteiger partial charge in [0.05, 0.1) is 25.1 Å². The maximum absolute atomic E-state index is 12.7. The van der Waals surface area contributed by atoms with Gasteiger partial charge in [-0.3, -0.25) is 24.6 Å².